The molecule has 0 amide bonds. The van der Waals surface area contributed by atoms with Crippen molar-refractivity contribution >= 4 is 22.8 Å². The van der Waals surface area contributed by atoms with E-state index >= 15 is 0 Å². The number of fused-ring (bicyclic) bond motifs is 3. The highest BCUT2D eigenvalue weighted by Crippen LogP contribution is 2.30. The molecule has 0 spiro atoms. The van der Waals surface area contributed by atoms with Gasteiger partial charge < -0.3 is 14.2 Å². The van der Waals surface area contributed by atoms with Crippen LogP contribution in [0.25, 0.3) is 11.2 Å². The molecule has 0 unspecified atom stereocenters. The number of anilines is 2. The molecule has 0 N–H and O–H groups in total. The number of rotatable bonds is 4. The lowest BCUT2D eigenvalue weighted by Gasteiger charge is -2.28. The van der Waals surface area contributed by atoms with Gasteiger partial charge in [-0.15, -0.1) is 0 Å². The van der Waals surface area contributed by atoms with Gasteiger partial charge in [0.25, 0.3) is 5.56 Å². The van der Waals surface area contributed by atoms with Crippen LogP contribution >= 0.6 is 0 Å². The van der Waals surface area contributed by atoms with E-state index in [0.29, 0.717) is 30.3 Å². The van der Waals surface area contributed by atoms with Crippen LogP contribution in [0.1, 0.15) is 6.42 Å². The maximum Gasteiger partial charge on any atom is 0.332 e. The van der Waals surface area contributed by atoms with Crippen molar-refractivity contribution in [1.29, 1.82) is 0 Å². The summed E-state index contributed by atoms with van der Waals surface area (Å²) < 4.78 is 9.64. The van der Waals surface area contributed by atoms with Crippen molar-refractivity contribution in [3.8, 4) is 0 Å². The molecule has 0 radical (unpaired) electrons. The van der Waals surface area contributed by atoms with Gasteiger partial charge in [-0.05, 0) is 18.6 Å². The van der Waals surface area contributed by atoms with Gasteiger partial charge in [-0.1, -0.05) is 18.2 Å². The molecule has 1 aliphatic heterocycles. The Hall–Kier alpha value is -2.87. The molecular formula is C18H21N5O3. The molecule has 26 heavy (non-hydrogen) atoms. The summed E-state index contributed by atoms with van der Waals surface area (Å²) in [6.45, 7) is 2.05. The minimum atomic E-state index is -0.374. The van der Waals surface area contributed by atoms with Crippen molar-refractivity contribution in [1.82, 2.24) is 18.7 Å². The first kappa shape index (κ1) is 16.6. The van der Waals surface area contributed by atoms with Gasteiger partial charge in [-0.2, -0.15) is 4.98 Å². The summed E-state index contributed by atoms with van der Waals surface area (Å²) in [5.41, 5.74) is 1.23. The number of para-hydroxylation sites is 1. The fourth-order valence-corrected chi connectivity index (χ4v) is 3.50. The molecule has 0 atom stereocenters. The van der Waals surface area contributed by atoms with Crippen LogP contribution in [0.4, 0.5) is 11.6 Å². The number of hydrogen-bond acceptors (Lipinski definition) is 5. The van der Waals surface area contributed by atoms with E-state index < -0.39 is 0 Å². The number of hydrogen-bond donors (Lipinski definition) is 0. The highest BCUT2D eigenvalue weighted by atomic mass is 16.5. The second-order valence-electron chi connectivity index (χ2n) is 6.37. The van der Waals surface area contributed by atoms with Crippen LogP contribution in [0.3, 0.4) is 0 Å². The van der Waals surface area contributed by atoms with E-state index in [2.05, 4.69) is 9.88 Å². The van der Waals surface area contributed by atoms with E-state index in [0.717, 1.165) is 18.7 Å². The maximum absolute atomic E-state index is 13.0. The molecule has 136 valence electrons. The summed E-state index contributed by atoms with van der Waals surface area (Å²) >= 11 is 0. The molecule has 3 aromatic rings. The van der Waals surface area contributed by atoms with Crippen molar-refractivity contribution < 1.29 is 4.74 Å². The predicted octanol–water partition coefficient (Wildman–Crippen LogP) is 1.08. The number of methoxy groups -OCH3 is 1. The van der Waals surface area contributed by atoms with Crippen LogP contribution in [0, 0.1) is 0 Å². The predicted molar refractivity (Wildman–Crippen MR) is 99.2 cm³/mol. The lowest BCUT2D eigenvalue weighted by atomic mass is 10.2. The summed E-state index contributed by atoms with van der Waals surface area (Å²) in [6, 6.07) is 9.96. The molecule has 4 rings (SSSR count). The Morgan fingerprint density at radius 1 is 1.15 bits per heavy atom. The van der Waals surface area contributed by atoms with Crippen molar-refractivity contribution in [2.75, 3.05) is 25.2 Å². The fourth-order valence-electron chi connectivity index (χ4n) is 3.50. The second-order valence-corrected chi connectivity index (χ2v) is 6.37. The zero-order valence-electron chi connectivity index (χ0n) is 14.9. The van der Waals surface area contributed by atoms with Crippen molar-refractivity contribution in [3.63, 3.8) is 0 Å². The molecule has 8 heteroatoms. The van der Waals surface area contributed by atoms with E-state index in [1.165, 1.54) is 9.13 Å². The first-order valence-electron chi connectivity index (χ1n) is 8.65. The normalized spacial score (nSPS) is 14.0. The number of imidazole rings is 1. The van der Waals surface area contributed by atoms with Crippen molar-refractivity contribution in [2.45, 2.75) is 19.5 Å². The monoisotopic (exact) mass is 355 g/mol. The smallest absolute Gasteiger partial charge is 0.332 e. The van der Waals surface area contributed by atoms with Gasteiger partial charge in [-0.3, -0.25) is 13.9 Å². The number of aromatic nitrogens is 4. The molecular weight excluding hydrogens is 334 g/mol. The zero-order chi connectivity index (χ0) is 18.3. The second kappa shape index (κ2) is 6.45. The number of benzene rings is 1. The van der Waals surface area contributed by atoms with Crippen LogP contribution in [0.2, 0.25) is 0 Å². The minimum absolute atomic E-state index is 0.223. The fraction of sp³-hybridized carbons (Fsp3) is 0.389. The SMILES string of the molecule is COCCn1c(=O)c2c(nc3n2CCCN3c2ccccc2)n(C)c1=O. The van der Waals surface area contributed by atoms with Gasteiger partial charge in [-0.25, -0.2) is 4.79 Å². The van der Waals surface area contributed by atoms with Gasteiger partial charge in [0.15, 0.2) is 11.2 Å². The Morgan fingerprint density at radius 3 is 2.65 bits per heavy atom. The van der Waals surface area contributed by atoms with Crippen molar-refractivity contribution in [2.24, 2.45) is 7.05 Å². The van der Waals surface area contributed by atoms with Gasteiger partial charge in [0.2, 0.25) is 5.95 Å². The van der Waals surface area contributed by atoms with E-state index in [1.54, 1.807) is 14.2 Å². The lowest BCUT2D eigenvalue weighted by molar-refractivity contribution is 0.184. The summed E-state index contributed by atoms with van der Waals surface area (Å²) in [7, 11) is 3.20. The Morgan fingerprint density at radius 2 is 1.92 bits per heavy atom. The van der Waals surface area contributed by atoms with Crippen LogP contribution in [0.5, 0.6) is 0 Å². The summed E-state index contributed by atoms with van der Waals surface area (Å²) in [5, 5.41) is 0. The molecule has 8 nitrogen and oxygen atoms in total. The standard InChI is InChI=1S/C18H21N5O3/c1-20-15-14(16(24)23(18(20)25)11-12-26-2)22-10-6-9-21(17(22)19-15)13-7-4-3-5-8-13/h3-5,7-8H,6,9-12H2,1-2H3. The number of ether oxygens (including phenoxy) is 1. The van der Waals surface area contributed by atoms with Crippen LogP contribution < -0.4 is 16.1 Å². The highest BCUT2D eigenvalue weighted by Gasteiger charge is 2.26. The van der Waals surface area contributed by atoms with Gasteiger partial charge >= 0.3 is 5.69 Å². The average molecular weight is 355 g/mol. The van der Waals surface area contributed by atoms with Crippen LogP contribution in [-0.2, 0) is 24.9 Å². The Balaban J connectivity index is 1.96. The molecule has 0 fully saturated rings. The highest BCUT2D eigenvalue weighted by molar-refractivity contribution is 5.77. The lowest BCUT2D eigenvalue weighted by Crippen LogP contribution is -2.40. The van der Waals surface area contributed by atoms with Crippen LogP contribution in [-0.4, -0.2) is 38.9 Å². The molecule has 1 aromatic carbocycles. The first-order chi connectivity index (χ1) is 12.6. The first-order valence-corrected chi connectivity index (χ1v) is 8.65. The largest absolute Gasteiger partial charge is 0.383 e. The van der Waals surface area contributed by atoms with Gasteiger partial charge in [0.1, 0.15) is 0 Å². The molecule has 0 aliphatic carbocycles. The molecule has 0 saturated heterocycles. The third-order valence-corrected chi connectivity index (χ3v) is 4.80. The third kappa shape index (κ3) is 2.45. The molecule has 2 aromatic heterocycles. The summed E-state index contributed by atoms with van der Waals surface area (Å²) in [4.78, 5) is 32.3. The summed E-state index contributed by atoms with van der Waals surface area (Å²) in [6.07, 6.45) is 0.897. The Labute approximate surface area is 149 Å². The minimum Gasteiger partial charge on any atom is -0.383 e. The van der Waals surface area contributed by atoms with Gasteiger partial charge in [0, 0.05) is 32.9 Å². The van der Waals surface area contributed by atoms with Crippen molar-refractivity contribution in [3.05, 3.63) is 51.2 Å². The third-order valence-electron chi connectivity index (χ3n) is 4.80. The maximum atomic E-state index is 13.0. The molecule has 0 bridgehead atoms. The zero-order valence-corrected chi connectivity index (χ0v) is 14.9. The van der Waals surface area contributed by atoms with E-state index in [9.17, 15) is 9.59 Å². The molecule has 1 aliphatic rings. The van der Waals surface area contributed by atoms with E-state index in [-0.39, 0.29) is 17.8 Å². The average Bonchev–Trinajstić information content (AvgIpc) is 3.07. The summed E-state index contributed by atoms with van der Waals surface area (Å²) in [5.74, 6) is 0.703. The molecule has 0 saturated carbocycles. The van der Waals surface area contributed by atoms with E-state index in [4.69, 9.17) is 4.74 Å². The Kier molecular flexibility index (Phi) is 4.12. The van der Waals surface area contributed by atoms with E-state index in [1.807, 2.05) is 34.9 Å². The quantitative estimate of drug-likeness (QED) is 0.700. The number of nitrogens with zero attached hydrogens (tertiary/aromatic N) is 5. The van der Waals surface area contributed by atoms with Crippen LogP contribution in [0.15, 0.2) is 39.9 Å². The molecule has 3 heterocycles. The number of aryl methyl sites for hydroxylation is 2. The topological polar surface area (TPSA) is 74.3 Å². The Bertz CT molecular complexity index is 1060. The van der Waals surface area contributed by atoms with Gasteiger partial charge in [0.05, 0.1) is 13.2 Å².